The molecule has 2 heterocycles. The van der Waals surface area contributed by atoms with Crippen LogP contribution in [-0.4, -0.2) is 9.91 Å². The quantitative estimate of drug-likeness (QED) is 0.478. The molecule has 0 saturated carbocycles. The fourth-order valence-corrected chi connectivity index (χ4v) is 1.18. The predicted molar refractivity (Wildman–Crippen MR) is 58.0 cm³/mol. The highest BCUT2D eigenvalue weighted by molar-refractivity contribution is 5.39. The molecule has 0 atom stereocenters. The van der Waals surface area contributed by atoms with Crippen molar-refractivity contribution in [3.8, 4) is 5.88 Å². The maximum Gasteiger partial charge on any atom is 0.373 e. The van der Waals surface area contributed by atoms with Gasteiger partial charge in [0, 0.05) is 34.8 Å². The summed E-state index contributed by atoms with van der Waals surface area (Å²) in [6.45, 7) is 0. The van der Waals surface area contributed by atoms with E-state index in [-0.39, 0.29) is 11.6 Å². The zero-order valence-electron chi connectivity index (χ0n) is 8.69. The molecular formula is C10H9N4O3+. The minimum atomic E-state index is -0.555. The van der Waals surface area contributed by atoms with Crippen molar-refractivity contribution < 1.29 is 14.5 Å². The van der Waals surface area contributed by atoms with E-state index in [2.05, 4.69) is 4.98 Å². The molecule has 2 aromatic heterocycles. The number of nitrogen functional groups attached to an aromatic ring is 1. The Kier molecular flexibility index (Phi) is 2.82. The van der Waals surface area contributed by atoms with E-state index in [1.807, 2.05) is 0 Å². The van der Waals surface area contributed by atoms with E-state index >= 15 is 0 Å². The molecule has 0 spiro atoms. The van der Waals surface area contributed by atoms with Crippen molar-refractivity contribution in [3.05, 3.63) is 53.0 Å². The SMILES string of the molecule is Nc1cc[n+](Oc2ncccc2[N+](=O)[O-])cc1. The van der Waals surface area contributed by atoms with Crippen LogP contribution >= 0.6 is 0 Å². The first-order chi connectivity index (χ1) is 8.16. The summed E-state index contributed by atoms with van der Waals surface area (Å²) in [5.41, 5.74) is 5.88. The monoisotopic (exact) mass is 233 g/mol. The molecule has 7 heteroatoms. The zero-order valence-corrected chi connectivity index (χ0v) is 8.69. The zero-order chi connectivity index (χ0) is 12.3. The average Bonchev–Trinajstić information content (AvgIpc) is 2.32. The van der Waals surface area contributed by atoms with Gasteiger partial charge in [0.05, 0.1) is 4.92 Å². The highest BCUT2D eigenvalue weighted by Crippen LogP contribution is 2.21. The van der Waals surface area contributed by atoms with Crippen LogP contribution in [0.3, 0.4) is 0 Å². The molecule has 0 amide bonds. The Labute approximate surface area is 96.2 Å². The van der Waals surface area contributed by atoms with Gasteiger partial charge >= 0.3 is 11.6 Å². The third kappa shape index (κ3) is 2.46. The molecule has 2 aromatic rings. The number of hydrogen-bond donors (Lipinski definition) is 1. The second-order valence-corrected chi connectivity index (χ2v) is 3.17. The van der Waals surface area contributed by atoms with Gasteiger partial charge in [-0.15, -0.1) is 0 Å². The Bertz CT molecular complexity index is 542. The Balaban J connectivity index is 2.30. The fourth-order valence-electron chi connectivity index (χ4n) is 1.18. The van der Waals surface area contributed by atoms with Gasteiger partial charge in [0.15, 0.2) is 0 Å². The van der Waals surface area contributed by atoms with Gasteiger partial charge < -0.3 is 5.73 Å². The van der Waals surface area contributed by atoms with E-state index in [1.54, 1.807) is 12.1 Å². The van der Waals surface area contributed by atoms with E-state index in [4.69, 9.17) is 10.6 Å². The summed E-state index contributed by atoms with van der Waals surface area (Å²) >= 11 is 0. The van der Waals surface area contributed by atoms with E-state index in [9.17, 15) is 10.1 Å². The first-order valence-corrected chi connectivity index (χ1v) is 4.71. The summed E-state index contributed by atoms with van der Waals surface area (Å²) in [6.07, 6.45) is 4.49. The van der Waals surface area contributed by atoms with Crippen LogP contribution < -0.4 is 15.3 Å². The van der Waals surface area contributed by atoms with E-state index in [0.717, 1.165) is 0 Å². The lowest BCUT2D eigenvalue weighted by molar-refractivity contribution is -0.876. The van der Waals surface area contributed by atoms with Crippen LogP contribution in [0.2, 0.25) is 0 Å². The normalized spacial score (nSPS) is 9.88. The van der Waals surface area contributed by atoms with Crippen LogP contribution in [0.25, 0.3) is 0 Å². The highest BCUT2D eigenvalue weighted by Gasteiger charge is 2.20. The van der Waals surface area contributed by atoms with Crippen molar-refractivity contribution in [1.29, 1.82) is 0 Å². The standard InChI is InChI=1S/C10H8N4O3/c11-8-3-6-13(7-4-8)17-10-9(14(15)16)2-1-5-12-10/h1-7,11H/p+1. The van der Waals surface area contributed by atoms with Crippen LogP contribution in [0, 0.1) is 10.1 Å². The highest BCUT2D eigenvalue weighted by atomic mass is 16.7. The van der Waals surface area contributed by atoms with Crippen molar-refractivity contribution >= 4 is 11.4 Å². The molecule has 0 saturated heterocycles. The van der Waals surface area contributed by atoms with Gasteiger partial charge in [-0.05, 0) is 6.07 Å². The molecule has 2 rings (SSSR count). The lowest BCUT2D eigenvalue weighted by atomic mass is 10.4. The lowest BCUT2D eigenvalue weighted by Crippen LogP contribution is -2.39. The van der Waals surface area contributed by atoms with Crippen molar-refractivity contribution in [2.45, 2.75) is 0 Å². The first kappa shape index (κ1) is 10.8. The van der Waals surface area contributed by atoms with Crippen molar-refractivity contribution in [1.82, 2.24) is 4.98 Å². The molecular weight excluding hydrogens is 224 g/mol. The largest absolute Gasteiger partial charge is 0.398 e. The predicted octanol–water partition coefficient (Wildman–Crippen LogP) is 0.702. The Morgan fingerprint density at radius 3 is 2.71 bits per heavy atom. The molecule has 86 valence electrons. The van der Waals surface area contributed by atoms with Crippen LogP contribution in [0.5, 0.6) is 5.88 Å². The molecule has 0 radical (unpaired) electrons. The number of nitrogens with two attached hydrogens (primary N) is 1. The van der Waals surface area contributed by atoms with E-state index < -0.39 is 4.92 Å². The van der Waals surface area contributed by atoms with Gasteiger partial charge in [0.2, 0.25) is 12.4 Å². The lowest BCUT2D eigenvalue weighted by Gasteiger charge is -1.97. The maximum absolute atomic E-state index is 10.7. The third-order valence-electron chi connectivity index (χ3n) is 1.97. The molecule has 0 bridgehead atoms. The number of rotatable bonds is 3. The van der Waals surface area contributed by atoms with Crippen LogP contribution in [-0.2, 0) is 0 Å². The summed E-state index contributed by atoms with van der Waals surface area (Å²) in [5.74, 6) is -0.0766. The summed E-state index contributed by atoms with van der Waals surface area (Å²) in [5, 5.41) is 10.7. The summed E-state index contributed by atoms with van der Waals surface area (Å²) in [7, 11) is 0. The Morgan fingerprint density at radius 2 is 2.06 bits per heavy atom. The number of aromatic nitrogens is 2. The number of hydrogen-bond acceptors (Lipinski definition) is 5. The van der Waals surface area contributed by atoms with Gasteiger partial charge in [0.25, 0.3) is 0 Å². The van der Waals surface area contributed by atoms with Crippen molar-refractivity contribution in [2.75, 3.05) is 5.73 Å². The number of anilines is 1. The Hall–Kier alpha value is -2.70. The maximum atomic E-state index is 10.7. The van der Waals surface area contributed by atoms with Crippen molar-refractivity contribution in [2.24, 2.45) is 0 Å². The van der Waals surface area contributed by atoms with Gasteiger partial charge in [0.1, 0.15) is 0 Å². The van der Waals surface area contributed by atoms with Gasteiger partial charge in [-0.2, -0.15) is 0 Å². The molecule has 0 aliphatic carbocycles. The van der Waals surface area contributed by atoms with Crippen LogP contribution in [0.4, 0.5) is 11.4 Å². The Morgan fingerprint density at radius 1 is 1.35 bits per heavy atom. The molecule has 0 aromatic carbocycles. The molecule has 7 nitrogen and oxygen atoms in total. The number of nitro groups is 1. The fraction of sp³-hybridized carbons (Fsp3) is 0. The van der Waals surface area contributed by atoms with Gasteiger partial charge in [-0.1, -0.05) is 0 Å². The van der Waals surface area contributed by atoms with Crippen LogP contribution in [0.1, 0.15) is 0 Å². The number of pyridine rings is 2. The van der Waals surface area contributed by atoms with Gasteiger partial charge in [-0.3, -0.25) is 10.1 Å². The van der Waals surface area contributed by atoms with Gasteiger partial charge in [-0.25, -0.2) is 9.82 Å². The second-order valence-electron chi connectivity index (χ2n) is 3.17. The summed E-state index contributed by atoms with van der Waals surface area (Å²) < 4.78 is 1.28. The van der Waals surface area contributed by atoms with E-state index in [0.29, 0.717) is 5.69 Å². The minimum absolute atomic E-state index is 0.0766. The molecule has 0 fully saturated rings. The number of nitrogens with zero attached hydrogens (tertiary/aromatic N) is 3. The minimum Gasteiger partial charge on any atom is -0.398 e. The summed E-state index contributed by atoms with van der Waals surface area (Å²) in [6, 6.07) is 6.00. The molecule has 0 unspecified atom stereocenters. The van der Waals surface area contributed by atoms with Crippen LogP contribution in [0.15, 0.2) is 42.9 Å². The molecule has 2 N–H and O–H groups in total. The topological polar surface area (TPSA) is 95.2 Å². The average molecular weight is 233 g/mol. The smallest absolute Gasteiger partial charge is 0.373 e. The molecule has 0 aliphatic rings. The molecule has 17 heavy (non-hydrogen) atoms. The second kappa shape index (κ2) is 4.44. The van der Waals surface area contributed by atoms with Crippen molar-refractivity contribution in [3.63, 3.8) is 0 Å². The van der Waals surface area contributed by atoms with E-state index in [1.165, 1.54) is 35.5 Å². The third-order valence-corrected chi connectivity index (χ3v) is 1.97. The molecule has 0 aliphatic heterocycles. The summed E-state index contributed by atoms with van der Waals surface area (Å²) in [4.78, 5) is 19.2. The first-order valence-electron chi connectivity index (χ1n) is 4.71.